The second-order valence-corrected chi connectivity index (χ2v) is 5.24. The number of benzene rings is 1. The summed E-state index contributed by atoms with van der Waals surface area (Å²) in [5.41, 5.74) is 1.80. The van der Waals surface area contributed by atoms with Crippen molar-refractivity contribution in [2.45, 2.75) is 32.8 Å². The van der Waals surface area contributed by atoms with E-state index in [-0.39, 0.29) is 12.1 Å². The molecule has 2 rings (SSSR count). The van der Waals surface area contributed by atoms with Crippen molar-refractivity contribution in [3.63, 3.8) is 0 Å². The molecule has 98 valence electrons. The summed E-state index contributed by atoms with van der Waals surface area (Å²) in [5.74, 6) is -0.207. The third kappa shape index (κ3) is 3.57. The molecule has 1 atom stereocenters. The monoisotopic (exact) mass is 248 g/mol. The number of rotatable bonds is 4. The summed E-state index contributed by atoms with van der Waals surface area (Å²) in [4.78, 5) is 13.5. The van der Waals surface area contributed by atoms with Crippen molar-refractivity contribution < 1.29 is 14.4 Å². The van der Waals surface area contributed by atoms with Crippen molar-refractivity contribution in [3.8, 4) is 0 Å². The van der Waals surface area contributed by atoms with Crippen molar-refractivity contribution in [1.29, 1.82) is 0 Å². The summed E-state index contributed by atoms with van der Waals surface area (Å²) in [6.45, 7) is 7.35. The van der Waals surface area contributed by atoms with Gasteiger partial charge in [0.25, 0.3) is 0 Å². The largest absolute Gasteiger partial charge is 0.453 e. The Morgan fingerprint density at radius 2 is 1.89 bits per heavy atom. The maximum absolute atomic E-state index is 11.9. The van der Waals surface area contributed by atoms with Crippen LogP contribution in [0.1, 0.15) is 35.7 Å². The van der Waals surface area contributed by atoms with E-state index >= 15 is 0 Å². The topological polar surface area (TPSA) is 30.7 Å². The minimum Gasteiger partial charge on any atom is -0.453 e. The van der Waals surface area contributed by atoms with E-state index in [1.807, 2.05) is 38.1 Å². The van der Waals surface area contributed by atoms with E-state index in [4.69, 9.17) is 4.74 Å². The number of likely N-dealkylation sites (tertiary alicyclic amines) is 1. The van der Waals surface area contributed by atoms with Crippen molar-refractivity contribution in [2.75, 3.05) is 19.6 Å². The van der Waals surface area contributed by atoms with E-state index in [9.17, 15) is 4.79 Å². The van der Waals surface area contributed by atoms with Crippen LogP contribution < -0.4 is 4.90 Å². The third-order valence-corrected chi connectivity index (χ3v) is 3.48. The molecule has 0 aromatic heterocycles. The van der Waals surface area contributed by atoms with Crippen LogP contribution in [0.25, 0.3) is 0 Å². The average molecular weight is 248 g/mol. The normalized spacial score (nSPS) is 17.7. The number of quaternary nitrogens is 1. The number of nitrogens with one attached hydrogen (secondary N) is 1. The highest BCUT2D eigenvalue weighted by molar-refractivity contribution is 5.89. The SMILES string of the molecule is Cc1ccc(C(=O)O[C@H](C)C[NH+]2CCCC2)cc1. The van der Waals surface area contributed by atoms with Gasteiger partial charge in [-0.05, 0) is 26.0 Å². The summed E-state index contributed by atoms with van der Waals surface area (Å²) < 4.78 is 5.48. The molecule has 3 nitrogen and oxygen atoms in total. The van der Waals surface area contributed by atoms with Gasteiger partial charge in [-0.3, -0.25) is 0 Å². The molecule has 1 aliphatic heterocycles. The number of hydrogen-bond donors (Lipinski definition) is 1. The first-order valence-electron chi connectivity index (χ1n) is 6.76. The first-order chi connectivity index (χ1) is 8.65. The standard InChI is InChI=1S/C15H21NO2/c1-12-5-7-14(8-6-12)15(17)18-13(2)11-16-9-3-4-10-16/h5-8,13H,3-4,9-11H2,1-2H3/p+1/t13-/m1/s1. The summed E-state index contributed by atoms with van der Waals surface area (Å²) >= 11 is 0. The number of ether oxygens (including phenoxy) is 1. The lowest BCUT2D eigenvalue weighted by molar-refractivity contribution is -0.890. The molecule has 0 amide bonds. The van der Waals surface area contributed by atoms with Gasteiger partial charge in [0.2, 0.25) is 0 Å². The Balaban J connectivity index is 1.84. The minimum absolute atomic E-state index is 0.00750. The Labute approximate surface area is 109 Å². The number of hydrogen-bond acceptors (Lipinski definition) is 2. The maximum Gasteiger partial charge on any atom is 0.338 e. The fourth-order valence-corrected chi connectivity index (χ4v) is 2.47. The zero-order chi connectivity index (χ0) is 13.0. The van der Waals surface area contributed by atoms with E-state index in [1.165, 1.54) is 25.9 Å². The lowest BCUT2D eigenvalue weighted by Gasteiger charge is -2.18. The van der Waals surface area contributed by atoms with Crippen LogP contribution in [0, 0.1) is 6.92 Å². The Hall–Kier alpha value is -1.35. The molecule has 1 heterocycles. The Morgan fingerprint density at radius 3 is 2.50 bits per heavy atom. The highest BCUT2D eigenvalue weighted by atomic mass is 16.5. The number of carbonyl (C=O) groups is 1. The fraction of sp³-hybridized carbons (Fsp3) is 0.533. The second kappa shape index (κ2) is 6.01. The predicted octanol–water partition coefficient (Wildman–Crippen LogP) is 1.22. The van der Waals surface area contributed by atoms with Gasteiger partial charge in [0.1, 0.15) is 12.6 Å². The molecule has 1 aliphatic rings. The molecule has 0 radical (unpaired) electrons. The van der Waals surface area contributed by atoms with Gasteiger partial charge in [0.05, 0.1) is 18.7 Å². The van der Waals surface area contributed by atoms with Gasteiger partial charge in [-0.1, -0.05) is 17.7 Å². The summed E-state index contributed by atoms with van der Waals surface area (Å²) in [6, 6.07) is 7.53. The summed E-state index contributed by atoms with van der Waals surface area (Å²) in [7, 11) is 0. The van der Waals surface area contributed by atoms with Gasteiger partial charge in [0, 0.05) is 12.8 Å². The summed E-state index contributed by atoms with van der Waals surface area (Å²) in [5, 5.41) is 0. The van der Waals surface area contributed by atoms with Crippen LogP contribution in [0.15, 0.2) is 24.3 Å². The molecule has 0 spiro atoms. The summed E-state index contributed by atoms with van der Waals surface area (Å²) in [6.07, 6.45) is 2.59. The molecule has 0 saturated carbocycles. The molecule has 0 aliphatic carbocycles. The Bertz CT molecular complexity index is 393. The molecule has 0 bridgehead atoms. The highest BCUT2D eigenvalue weighted by Gasteiger charge is 2.20. The van der Waals surface area contributed by atoms with Gasteiger partial charge in [-0.2, -0.15) is 0 Å². The maximum atomic E-state index is 11.9. The lowest BCUT2D eigenvalue weighted by Crippen LogP contribution is -3.11. The number of esters is 1. The minimum atomic E-state index is -0.207. The van der Waals surface area contributed by atoms with Crippen LogP contribution in [-0.2, 0) is 4.74 Å². The average Bonchev–Trinajstić information content (AvgIpc) is 2.82. The van der Waals surface area contributed by atoms with E-state index in [0.29, 0.717) is 5.56 Å². The van der Waals surface area contributed by atoms with Gasteiger partial charge in [-0.15, -0.1) is 0 Å². The van der Waals surface area contributed by atoms with Gasteiger partial charge in [0.15, 0.2) is 0 Å². The van der Waals surface area contributed by atoms with Gasteiger partial charge >= 0.3 is 5.97 Å². The molecule has 1 N–H and O–H groups in total. The zero-order valence-corrected chi connectivity index (χ0v) is 11.2. The van der Waals surface area contributed by atoms with Crippen LogP contribution >= 0.6 is 0 Å². The smallest absolute Gasteiger partial charge is 0.338 e. The van der Waals surface area contributed by atoms with Crippen molar-refractivity contribution in [2.24, 2.45) is 0 Å². The van der Waals surface area contributed by atoms with Crippen molar-refractivity contribution in [3.05, 3.63) is 35.4 Å². The van der Waals surface area contributed by atoms with Crippen LogP contribution in [0.2, 0.25) is 0 Å². The van der Waals surface area contributed by atoms with Crippen LogP contribution in [0.4, 0.5) is 0 Å². The Morgan fingerprint density at radius 1 is 1.28 bits per heavy atom. The van der Waals surface area contributed by atoms with E-state index in [1.54, 1.807) is 4.90 Å². The lowest BCUT2D eigenvalue weighted by atomic mass is 10.1. The highest BCUT2D eigenvalue weighted by Crippen LogP contribution is 2.06. The number of aryl methyl sites for hydroxylation is 1. The molecule has 18 heavy (non-hydrogen) atoms. The number of carbonyl (C=O) groups excluding carboxylic acids is 1. The Kier molecular flexibility index (Phi) is 4.37. The zero-order valence-electron chi connectivity index (χ0n) is 11.2. The molecular weight excluding hydrogens is 226 g/mol. The van der Waals surface area contributed by atoms with E-state index in [0.717, 1.165) is 12.1 Å². The van der Waals surface area contributed by atoms with Gasteiger partial charge < -0.3 is 9.64 Å². The predicted molar refractivity (Wildman–Crippen MR) is 70.9 cm³/mol. The first-order valence-corrected chi connectivity index (χ1v) is 6.76. The third-order valence-electron chi connectivity index (χ3n) is 3.48. The molecule has 1 fully saturated rings. The molecule has 1 aromatic carbocycles. The van der Waals surface area contributed by atoms with Crippen molar-refractivity contribution in [1.82, 2.24) is 0 Å². The van der Waals surface area contributed by atoms with Crippen molar-refractivity contribution >= 4 is 5.97 Å². The second-order valence-electron chi connectivity index (χ2n) is 5.24. The van der Waals surface area contributed by atoms with Crippen LogP contribution in [0.3, 0.4) is 0 Å². The van der Waals surface area contributed by atoms with Gasteiger partial charge in [-0.25, -0.2) is 4.79 Å². The molecule has 0 unspecified atom stereocenters. The van der Waals surface area contributed by atoms with Crippen LogP contribution in [-0.4, -0.2) is 31.7 Å². The quantitative estimate of drug-likeness (QED) is 0.812. The molecular formula is C15H22NO2+. The van der Waals surface area contributed by atoms with E-state index < -0.39 is 0 Å². The first kappa shape index (κ1) is 13.1. The fourth-order valence-electron chi connectivity index (χ4n) is 2.47. The molecule has 1 aromatic rings. The van der Waals surface area contributed by atoms with Crippen LogP contribution in [0.5, 0.6) is 0 Å². The molecule has 3 heteroatoms. The molecule has 1 saturated heterocycles. The van der Waals surface area contributed by atoms with E-state index in [2.05, 4.69) is 0 Å².